The Balaban J connectivity index is 1.86. The van der Waals surface area contributed by atoms with E-state index in [-0.39, 0.29) is 0 Å². The van der Waals surface area contributed by atoms with Gasteiger partial charge >= 0.3 is 0 Å². The van der Waals surface area contributed by atoms with Crippen molar-refractivity contribution >= 4 is 15.9 Å². The summed E-state index contributed by atoms with van der Waals surface area (Å²) in [4.78, 5) is 0. The van der Waals surface area contributed by atoms with E-state index in [1.807, 2.05) is 30.3 Å². The van der Waals surface area contributed by atoms with E-state index < -0.39 is 5.60 Å². The Kier molecular flexibility index (Phi) is 5.70. The SMILES string of the molecule is Brc1ccc(COC(c2ccccc2)(c2ccccc2)c2ccccc2)cc1. The van der Waals surface area contributed by atoms with Crippen LogP contribution in [0.4, 0.5) is 0 Å². The molecule has 0 spiro atoms. The summed E-state index contributed by atoms with van der Waals surface area (Å²) in [6.45, 7) is 0.506. The molecule has 0 saturated carbocycles. The van der Waals surface area contributed by atoms with Gasteiger partial charge in [0.05, 0.1) is 6.61 Å². The van der Waals surface area contributed by atoms with E-state index in [9.17, 15) is 0 Å². The smallest absolute Gasteiger partial charge is 0.144 e. The molecule has 0 heterocycles. The summed E-state index contributed by atoms with van der Waals surface area (Å²) in [7, 11) is 0. The van der Waals surface area contributed by atoms with Gasteiger partial charge in [-0.3, -0.25) is 0 Å². The molecule has 28 heavy (non-hydrogen) atoms. The van der Waals surface area contributed by atoms with E-state index >= 15 is 0 Å². The predicted octanol–water partition coefficient (Wildman–Crippen LogP) is 6.96. The van der Waals surface area contributed by atoms with Crippen LogP contribution in [0.3, 0.4) is 0 Å². The van der Waals surface area contributed by atoms with E-state index in [4.69, 9.17) is 4.74 Å². The Bertz CT molecular complexity index is 900. The zero-order valence-electron chi connectivity index (χ0n) is 15.5. The van der Waals surface area contributed by atoms with Gasteiger partial charge in [-0.05, 0) is 34.4 Å². The molecule has 0 bridgehead atoms. The summed E-state index contributed by atoms with van der Waals surface area (Å²) >= 11 is 3.51. The second-order valence-corrected chi connectivity index (χ2v) is 7.61. The molecule has 4 aromatic carbocycles. The molecule has 0 aliphatic carbocycles. The predicted molar refractivity (Wildman–Crippen MR) is 118 cm³/mol. The van der Waals surface area contributed by atoms with Gasteiger partial charge in [0.25, 0.3) is 0 Å². The van der Waals surface area contributed by atoms with Crippen LogP contribution in [0, 0.1) is 0 Å². The van der Waals surface area contributed by atoms with Crippen molar-refractivity contribution in [2.24, 2.45) is 0 Å². The summed E-state index contributed by atoms with van der Waals surface area (Å²) in [5.41, 5.74) is 3.80. The first-order valence-corrected chi connectivity index (χ1v) is 10.1. The standard InChI is InChI=1S/C26H21BrO/c27-25-18-16-21(17-19-25)20-28-26(22-10-4-1-5-11-22,23-12-6-2-7-13-23)24-14-8-3-9-15-24/h1-19H,20H2. The minimum absolute atomic E-state index is 0.506. The Labute approximate surface area is 174 Å². The second-order valence-electron chi connectivity index (χ2n) is 6.69. The van der Waals surface area contributed by atoms with Gasteiger partial charge in [0.1, 0.15) is 5.60 Å². The maximum atomic E-state index is 6.80. The molecule has 0 fully saturated rings. The highest BCUT2D eigenvalue weighted by Crippen LogP contribution is 2.41. The van der Waals surface area contributed by atoms with E-state index in [0.29, 0.717) is 6.61 Å². The number of benzene rings is 4. The van der Waals surface area contributed by atoms with Gasteiger partial charge in [0.2, 0.25) is 0 Å². The third kappa shape index (κ3) is 3.80. The first kappa shape index (κ1) is 18.7. The van der Waals surface area contributed by atoms with Crippen LogP contribution >= 0.6 is 15.9 Å². The van der Waals surface area contributed by atoms with Crippen LogP contribution in [0.25, 0.3) is 0 Å². The summed E-state index contributed by atoms with van der Waals surface area (Å²) in [6, 6.07) is 39.7. The van der Waals surface area contributed by atoms with Gasteiger partial charge in [-0.2, -0.15) is 0 Å². The van der Waals surface area contributed by atoms with Crippen molar-refractivity contribution in [1.82, 2.24) is 0 Å². The lowest BCUT2D eigenvalue weighted by Gasteiger charge is -2.36. The van der Waals surface area contributed by atoms with Crippen molar-refractivity contribution in [2.45, 2.75) is 12.2 Å². The molecular weight excluding hydrogens is 408 g/mol. The minimum atomic E-state index is -0.684. The Morgan fingerprint density at radius 3 is 1.32 bits per heavy atom. The molecule has 0 aromatic heterocycles. The maximum absolute atomic E-state index is 6.80. The van der Waals surface area contributed by atoms with Gasteiger partial charge in [0.15, 0.2) is 0 Å². The number of rotatable bonds is 6. The molecule has 0 aliphatic rings. The average Bonchev–Trinajstić information content (AvgIpc) is 2.78. The summed E-state index contributed by atoms with van der Waals surface area (Å²) in [5.74, 6) is 0. The highest BCUT2D eigenvalue weighted by molar-refractivity contribution is 9.10. The van der Waals surface area contributed by atoms with Crippen LogP contribution < -0.4 is 0 Å². The molecule has 0 amide bonds. The molecule has 0 radical (unpaired) electrons. The molecule has 2 heteroatoms. The van der Waals surface area contributed by atoms with Crippen LogP contribution in [-0.4, -0.2) is 0 Å². The maximum Gasteiger partial charge on any atom is 0.144 e. The quantitative estimate of drug-likeness (QED) is 0.301. The Morgan fingerprint density at radius 1 is 0.536 bits per heavy atom. The van der Waals surface area contributed by atoms with Crippen LogP contribution in [0.2, 0.25) is 0 Å². The number of hydrogen-bond acceptors (Lipinski definition) is 1. The van der Waals surface area contributed by atoms with Crippen molar-refractivity contribution in [3.63, 3.8) is 0 Å². The third-order valence-corrected chi connectivity index (χ3v) is 5.44. The first-order valence-electron chi connectivity index (χ1n) is 9.34. The largest absolute Gasteiger partial charge is 0.356 e. The average molecular weight is 429 g/mol. The first-order chi connectivity index (χ1) is 13.8. The van der Waals surface area contributed by atoms with Crippen molar-refractivity contribution in [2.75, 3.05) is 0 Å². The van der Waals surface area contributed by atoms with E-state index in [2.05, 4.69) is 101 Å². The van der Waals surface area contributed by atoms with Gasteiger partial charge in [0, 0.05) is 4.47 Å². The number of halogens is 1. The second kappa shape index (κ2) is 8.55. The molecule has 0 saturated heterocycles. The fraction of sp³-hybridized carbons (Fsp3) is 0.0769. The lowest BCUT2D eigenvalue weighted by Crippen LogP contribution is -2.32. The normalized spacial score (nSPS) is 11.3. The fourth-order valence-corrected chi connectivity index (χ4v) is 3.81. The van der Waals surface area contributed by atoms with Crippen LogP contribution in [0.1, 0.15) is 22.3 Å². The Morgan fingerprint density at radius 2 is 0.929 bits per heavy atom. The van der Waals surface area contributed by atoms with Crippen LogP contribution in [0.5, 0.6) is 0 Å². The molecule has 0 unspecified atom stereocenters. The molecule has 4 aromatic rings. The molecule has 138 valence electrons. The lowest BCUT2D eigenvalue weighted by molar-refractivity contribution is 0.000239. The van der Waals surface area contributed by atoms with Gasteiger partial charge < -0.3 is 4.74 Å². The van der Waals surface area contributed by atoms with Crippen molar-refractivity contribution in [3.8, 4) is 0 Å². The van der Waals surface area contributed by atoms with E-state index in [0.717, 1.165) is 26.7 Å². The molecule has 1 nitrogen and oxygen atoms in total. The molecule has 4 rings (SSSR count). The summed E-state index contributed by atoms with van der Waals surface area (Å²) in [6.07, 6.45) is 0. The van der Waals surface area contributed by atoms with Gasteiger partial charge in [-0.1, -0.05) is 119 Å². The molecular formula is C26H21BrO. The van der Waals surface area contributed by atoms with Crippen molar-refractivity contribution in [1.29, 1.82) is 0 Å². The van der Waals surface area contributed by atoms with Crippen LogP contribution in [-0.2, 0) is 16.9 Å². The van der Waals surface area contributed by atoms with Gasteiger partial charge in [-0.25, -0.2) is 0 Å². The summed E-state index contributed by atoms with van der Waals surface area (Å²) in [5, 5.41) is 0. The van der Waals surface area contributed by atoms with Crippen molar-refractivity contribution in [3.05, 3.63) is 142 Å². The number of hydrogen-bond donors (Lipinski definition) is 0. The monoisotopic (exact) mass is 428 g/mol. The highest BCUT2D eigenvalue weighted by atomic mass is 79.9. The molecule has 0 aliphatic heterocycles. The lowest BCUT2D eigenvalue weighted by atomic mass is 9.80. The molecule has 0 atom stereocenters. The van der Waals surface area contributed by atoms with Crippen LogP contribution in [0.15, 0.2) is 120 Å². The minimum Gasteiger partial charge on any atom is -0.356 e. The fourth-order valence-electron chi connectivity index (χ4n) is 3.54. The van der Waals surface area contributed by atoms with Gasteiger partial charge in [-0.15, -0.1) is 0 Å². The zero-order chi connectivity index (χ0) is 19.2. The Hall–Kier alpha value is -2.68. The van der Waals surface area contributed by atoms with E-state index in [1.165, 1.54) is 0 Å². The summed E-state index contributed by atoms with van der Waals surface area (Å²) < 4.78 is 7.86. The zero-order valence-corrected chi connectivity index (χ0v) is 17.0. The molecule has 0 N–H and O–H groups in total. The number of ether oxygens (including phenoxy) is 1. The van der Waals surface area contributed by atoms with Crippen molar-refractivity contribution < 1.29 is 4.74 Å². The van der Waals surface area contributed by atoms with E-state index in [1.54, 1.807) is 0 Å². The highest BCUT2D eigenvalue weighted by Gasteiger charge is 2.37. The third-order valence-electron chi connectivity index (χ3n) is 4.91. The topological polar surface area (TPSA) is 9.23 Å².